The van der Waals surface area contributed by atoms with Crippen LogP contribution in [-0.4, -0.2) is 29.8 Å². The van der Waals surface area contributed by atoms with E-state index >= 15 is 0 Å². The van der Waals surface area contributed by atoms with Gasteiger partial charge in [0.25, 0.3) is 0 Å². The maximum atomic E-state index is 10.9. The lowest BCUT2D eigenvalue weighted by Gasteiger charge is -2.31. The van der Waals surface area contributed by atoms with Gasteiger partial charge in [-0.05, 0) is 13.5 Å². The van der Waals surface area contributed by atoms with Gasteiger partial charge in [0.1, 0.15) is 5.78 Å². The molecule has 0 amide bonds. The molecule has 1 rings (SSSR count). The molecule has 0 aromatic heterocycles. The van der Waals surface area contributed by atoms with E-state index in [0.29, 0.717) is 11.8 Å². The van der Waals surface area contributed by atoms with Crippen LogP contribution in [0.1, 0.15) is 26.7 Å². The second-order valence-electron chi connectivity index (χ2n) is 2.97. The first-order chi connectivity index (χ1) is 4.74. The summed E-state index contributed by atoms with van der Waals surface area (Å²) in [5.74, 6) is 0.428. The fourth-order valence-electron chi connectivity index (χ4n) is 1.52. The summed E-state index contributed by atoms with van der Waals surface area (Å²) >= 11 is 0. The van der Waals surface area contributed by atoms with Crippen molar-refractivity contribution in [2.24, 2.45) is 0 Å². The van der Waals surface area contributed by atoms with E-state index in [9.17, 15) is 4.79 Å². The van der Waals surface area contributed by atoms with Crippen LogP contribution in [0.25, 0.3) is 0 Å². The Hall–Kier alpha value is -0.370. The van der Waals surface area contributed by atoms with E-state index in [0.717, 1.165) is 25.9 Å². The van der Waals surface area contributed by atoms with Crippen molar-refractivity contribution in [1.29, 1.82) is 0 Å². The summed E-state index contributed by atoms with van der Waals surface area (Å²) in [6, 6.07) is 0.478. The lowest BCUT2D eigenvalue weighted by atomic mass is 10.0. The summed E-state index contributed by atoms with van der Waals surface area (Å²) in [5, 5.41) is 0. The van der Waals surface area contributed by atoms with Crippen LogP contribution in [0.4, 0.5) is 0 Å². The summed E-state index contributed by atoms with van der Waals surface area (Å²) in [4.78, 5) is 13.3. The molecular formula is C8H15NO. The van der Waals surface area contributed by atoms with E-state index in [4.69, 9.17) is 0 Å². The number of Topliss-reactive ketones (excluding diaryl/α,β-unsaturated/α-hetero) is 1. The van der Waals surface area contributed by atoms with Gasteiger partial charge in [-0.1, -0.05) is 6.92 Å². The Morgan fingerprint density at radius 3 is 2.90 bits per heavy atom. The molecule has 0 aromatic rings. The minimum atomic E-state index is 0.428. The largest absolute Gasteiger partial charge is 0.300 e. The van der Waals surface area contributed by atoms with E-state index < -0.39 is 0 Å². The molecule has 0 bridgehead atoms. The molecule has 10 heavy (non-hydrogen) atoms. The van der Waals surface area contributed by atoms with Gasteiger partial charge in [-0.3, -0.25) is 4.79 Å². The van der Waals surface area contributed by atoms with Crippen molar-refractivity contribution < 1.29 is 4.79 Å². The first kappa shape index (κ1) is 7.73. The zero-order chi connectivity index (χ0) is 7.56. The van der Waals surface area contributed by atoms with Gasteiger partial charge in [0.15, 0.2) is 0 Å². The number of carbonyl (C=O) groups is 1. The number of nitrogens with zero attached hydrogens (tertiary/aromatic N) is 1. The number of piperidine rings is 1. The minimum absolute atomic E-state index is 0.428. The maximum absolute atomic E-state index is 10.9. The topological polar surface area (TPSA) is 20.3 Å². The predicted octanol–water partition coefficient (Wildman–Crippen LogP) is 1.06. The monoisotopic (exact) mass is 141 g/mol. The minimum Gasteiger partial charge on any atom is -0.300 e. The third-order valence-electron chi connectivity index (χ3n) is 2.23. The Kier molecular flexibility index (Phi) is 2.44. The summed E-state index contributed by atoms with van der Waals surface area (Å²) in [6.07, 6.45) is 1.52. The lowest BCUT2D eigenvalue weighted by molar-refractivity contribution is -0.122. The van der Waals surface area contributed by atoms with Gasteiger partial charge in [0.05, 0.1) is 0 Å². The molecule has 1 aliphatic rings. The number of ketones is 1. The predicted molar refractivity (Wildman–Crippen MR) is 41.0 cm³/mol. The fourth-order valence-corrected chi connectivity index (χ4v) is 1.52. The van der Waals surface area contributed by atoms with Gasteiger partial charge in [0.2, 0.25) is 0 Å². The van der Waals surface area contributed by atoms with Crippen LogP contribution in [0.3, 0.4) is 0 Å². The molecule has 1 heterocycles. The average molecular weight is 141 g/mol. The smallest absolute Gasteiger partial charge is 0.135 e. The highest BCUT2D eigenvalue weighted by atomic mass is 16.1. The van der Waals surface area contributed by atoms with Crippen LogP contribution < -0.4 is 0 Å². The zero-order valence-electron chi connectivity index (χ0n) is 6.76. The molecule has 0 aromatic carbocycles. The molecule has 0 unspecified atom stereocenters. The van der Waals surface area contributed by atoms with Crippen molar-refractivity contribution in [2.75, 3.05) is 13.1 Å². The van der Waals surface area contributed by atoms with E-state index in [1.165, 1.54) is 0 Å². The number of likely N-dealkylation sites (tertiary alicyclic amines) is 1. The molecule has 0 N–H and O–H groups in total. The number of carbonyl (C=O) groups excluding carboxylic acids is 1. The Bertz CT molecular complexity index is 133. The van der Waals surface area contributed by atoms with Crippen LogP contribution in [0.2, 0.25) is 0 Å². The Labute approximate surface area is 62.2 Å². The maximum Gasteiger partial charge on any atom is 0.135 e. The van der Waals surface area contributed by atoms with Crippen molar-refractivity contribution in [1.82, 2.24) is 4.90 Å². The van der Waals surface area contributed by atoms with E-state index in [-0.39, 0.29) is 0 Å². The molecule has 0 aliphatic carbocycles. The second kappa shape index (κ2) is 3.15. The van der Waals surface area contributed by atoms with Crippen molar-refractivity contribution in [3.8, 4) is 0 Å². The summed E-state index contributed by atoms with van der Waals surface area (Å²) in [6.45, 7) is 6.32. The highest BCUT2D eigenvalue weighted by Gasteiger charge is 2.21. The van der Waals surface area contributed by atoms with Crippen LogP contribution in [0.15, 0.2) is 0 Å². The van der Waals surface area contributed by atoms with Crippen molar-refractivity contribution in [3.63, 3.8) is 0 Å². The molecule has 0 radical (unpaired) electrons. The van der Waals surface area contributed by atoms with Gasteiger partial charge in [-0.2, -0.15) is 0 Å². The average Bonchev–Trinajstić information content (AvgIpc) is 1.88. The molecule has 2 heteroatoms. The molecule has 1 saturated heterocycles. The number of hydrogen-bond donors (Lipinski definition) is 0. The quantitative estimate of drug-likeness (QED) is 0.544. The third-order valence-corrected chi connectivity index (χ3v) is 2.23. The SMILES string of the molecule is CCN1CCC(=O)C[C@@H]1C. The van der Waals surface area contributed by atoms with E-state index in [2.05, 4.69) is 18.7 Å². The highest BCUT2D eigenvalue weighted by molar-refractivity contribution is 5.79. The molecule has 0 saturated carbocycles. The van der Waals surface area contributed by atoms with Crippen molar-refractivity contribution >= 4 is 5.78 Å². The molecule has 1 atom stereocenters. The molecule has 58 valence electrons. The van der Waals surface area contributed by atoms with Crippen LogP contribution >= 0.6 is 0 Å². The third kappa shape index (κ3) is 1.57. The molecule has 1 fully saturated rings. The first-order valence-corrected chi connectivity index (χ1v) is 3.99. The van der Waals surface area contributed by atoms with Crippen LogP contribution in [0, 0.1) is 0 Å². The highest BCUT2D eigenvalue weighted by Crippen LogP contribution is 2.12. The Morgan fingerprint density at radius 2 is 2.40 bits per heavy atom. The van der Waals surface area contributed by atoms with Gasteiger partial charge < -0.3 is 4.90 Å². The van der Waals surface area contributed by atoms with E-state index in [1.807, 2.05) is 0 Å². The summed E-state index contributed by atoms with van der Waals surface area (Å²) in [5.41, 5.74) is 0. The number of rotatable bonds is 1. The van der Waals surface area contributed by atoms with Gasteiger partial charge >= 0.3 is 0 Å². The number of hydrogen-bond acceptors (Lipinski definition) is 2. The Balaban J connectivity index is 2.43. The van der Waals surface area contributed by atoms with Crippen LogP contribution in [0.5, 0.6) is 0 Å². The summed E-state index contributed by atoms with van der Waals surface area (Å²) in [7, 11) is 0. The first-order valence-electron chi connectivity index (χ1n) is 3.99. The van der Waals surface area contributed by atoms with Gasteiger partial charge in [-0.25, -0.2) is 0 Å². The second-order valence-corrected chi connectivity index (χ2v) is 2.97. The fraction of sp³-hybridized carbons (Fsp3) is 0.875. The van der Waals surface area contributed by atoms with Gasteiger partial charge in [-0.15, -0.1) is 0 Å². The van der Waals surface area contributed by atoms with E-state index in [1.54, 1.807) is 0 Å². The zero-order valence-corrected chi connectivity index (χ0v) is 6.76. The standard InChI is InChI=1S/C8H15NO/c1-3-9-5-4-8(10)6-7(9)2/h7H,3-6H2,1-2H3/t7-/m0/s1. The lowest BCUT2D eigenvalue weighted by Crippen LogP contribution is -2.40. The van der Waals surface area contributed by atoms with Crippen molar-refractivity contribution in [2.45, 2.75) is 32.7 Å². The molecule has 0 spiro atoms. The Morgan fingerprint density at radius 1 is 1.70 bits per heavy atom. The van der Waals surface area contributed by atoms with Gasteiger partial charge in [0, 0.05) is 25.4 Å². The van der Waals surface area contributed by atoms with Crippen LogP contribution in [-0.2, 0) is 4.79 Å². The normalized spacial score (nSPS) is 29.0. The van der Waals surface area contributed by atoms with Crippen molar-refractivity contribution in [3.05, 3.63) is 0 Å². The molecule has 1 aliphatic heterocycles. The molecular weight excluding hydrogens is 126 g/mol. The molecule has 2 nitrogen and oxygen atoms in total. The summed E-state index contributed by atoms with van der Waals surface area (Å²) < 4.78 is 0.